The molecule has 1 aromatic rings. The zero-order valence-corrected chi connectivity index (χ0v) is 12.5. The van der Waals surface area contributed by atoms with Crippen LogP contribution in [-0.2, 0) is 0 Å². The van der Waals surface area contributed by atoms with E-state index in [-0.39, 0.29) is 11.9 Å². The smallest absolute Gasteiger partial charge is 0.263 e. The molecule has 0 saturated heterocycles. The van der Waals surface area contributed by atoms with Crippen LogP contribution in [0.25, 0.3) is 0 Å². The van der Waals surface area contributed by atoms with Crippen molar-refractivity contribution in [3.63, 3.8) is 0 Å². The highest BCUT2D eigenvalue weighted by molar-refractivity contribution is 7.13. The van der Waals surface area contributed by atoms with Crippen LogP contribution in [0.1, 0.15) is 35.5 Å². The normalized spacial score (nSPS) is 12.8. The van der Waals surface area contributed by atoms with Crippen molar-refractivity contribution in [2.75, 3.05) is 5.88 Å². The number of halogens is 2. The van der Waals surface area contributed by atoms with Gasteiger partial charge in [0.1, 0.15) is 4.88 Å². The summed E-state index contributed by atoms with van der Waals surface area (Å²) in [6.07, 6.45) is 0.872. The first-order chi connectivity index (χ1) is 7.95. The van der Waals surface area contributed by atoms with Gasteiger partial charge in [0, 0.05) is 11.9 Å². The Bertz CT molecular complexity index is 390. The lowest BCUT2D eigenvalue weighted by molar-refractivity contribution is 0.0941. The molecule has 1 amide bonds. The predicted molar refractivity (Wildman–Crippen MR) is 75.5 cm³/mol. The molecule has 0 saturated carbocycles. The molecule has 0 bridgehead atoms. The fourth-order valence-corrected chi connectivity index (χ4v) is 2.95. The van der Waals surface area contributed by atoms with E-state index < -0.39 is 0 Å². The van der Waals surface area contributed by atoms with Crippen LogP contribution in [0.15, 0.2) is 5.38 Å². The van der Waals surface area contributed by atoms with Crippen molar-refractivity contribution in [2.24, 2.45) is 5.92 Å². The van der Waals surface area contributed by atoms with Gasteiger partial charge in [-0.25, -0.2) is 0 Å². The van der Waals surface area contributed by atoms with E-state index in [0.29, 0.717) is 21.7 Å². The maximum absolute atomic E-state index is 12.0. The summed E-state index contributed by atoms with van der Waals surface area (Å²) in [6, 6.07) is 0.00244. The minimum absolute atomic E-state index is 0.00244. The van der Waals surface area contributed by atoms with Crippen LogP contribution in [0.3, 0.4) is 0 Å². The maximum Gasteiger partial charge on any atom is 0.263 e. The molecule has 0 aliphatic carbocycles. The Balaban J connectivity index is 2.68. The summed E-state index contributed by atoms with van der Waals surface area (Å²) in [4.78, 5) is 12.6. The summed E-state index contributed by atoms with van der Waals surface area (Å²) in [5, 5.41) is 5.35. The van der Waals surface area contributed by atoms with E-state index >= 15 is 0 Å². The molecule has 1 N–H and O–H groups in total. The van der Waals surface area contributed by atoms with E-state index in [9.17, 15) is 4.79 Å². The van der Waals surface area contributed by atoms with Crippen LogP contribution in [0, 0.1) is 12.8 Å². The van der Waals surface area contributed by atoms with E-state index in [1.165, 1.54) is 11.3 Å². The number of carbonyl (C=O) groups excluding carboxylic acids is 1. The van der Waals surface area contributed by atoms with Crippen molar-refractivity contribution < 1.29 is 4.79 Å². The topological polar surface area (TPSA) is 29.1 Å². The average Bonchev–Trinajstić information content (AvgIpc) is 2.58. The molecule has 0 fully saturated rings. The van der Waals surface area contributed by atoms with Gasteiger partial charge in [-0.3, -0.25) is 4.79 Å². The Morgan fingerprint density at radius 2 is 2.18 bits per heavy atom. The fourth-order valence-electron chi connectivity index (χ4n) is 1.56. The van der Waals surface area contributed by atoms with E-state index in [1.807, 2.05) is 12.3 Å². The highest BCUT2D eigenvalue weighted by atomic mass is 35.5. The van der Waals surface area contributed by atoms with Gasteiger partial charge in [0.25, 0.3) is 5.91 Å². The second-order valence-corrected chi connectivity index (χ2v) is 6.08. The second kappa shape index (κ2) is 6.62. The Hall–Kier alpha value is -0.250. The fraction of sp³-hybridized carbons (Fsp3) is 0.583. The highest BCUT2D eigenvalue weighted by Gasteiger charge is 2.18. The van der Waals surface area contributed by atoms with Crippen molar-refractivity contribution in [3.05, 3.63) is 20.8 Å². The van der Waals surface area contributed by atoms with Gasteiger partial charge in [0.2, 0.25) is 0 Å². The van der Waals surface area contributed by atoms with Gasteiger partial charge >= 0.3 is 0 Å². The van der Waals surface area contributed by atoms with Gasteiger partial charge in [-0.2, -0.15) is 0 Å². The zero-order chi connectivity index (χ0) is 13.0. The number of hydrogen-bond donors (Lipinski definition) is 1. The van der Waals surface area contributed by atoms with Crippen molar-refractivity contribution in [2.45, 2.75) is 33.2 Å². The van der Waals surface area contributed by atoms with Crippen LogP contribution in [0.2, 0.25) is 5.02 Å². The number of aryl methyl sites for hydroxylation is 1. The van der Waals surface area contributed by atoms with Crippen LogP contribution >= 0.6 is 34.5 Å². The molecule has 5 heteroatoms. The molecule has 1 rings (SSSR count). The van der Waals surface area contributed by atoms with Crippen LogP contribution < -0.4 is 5.32 Å². The van der Waals surface area contributed by atoms with Gasteiger partial charge in [-0.05, 0) is 30.2 Å². The number of hydrogen-bond acceptors (Lipinski definition) is 2. The SMILES string of the molecule is Cc1csc(C(=O)NC(CCl)CC(C)C)c1Cl. The number of nitrogens with one attached hydrogen (secondary N) is 1. The third-order valence-corrected chi connectivity index (χ3v) is 4.45. The number of thiophene rings is 1. The second-order valence-electron chi connectivity index (χ2n) is 4.52. The standard InChI is InChI=1S/C12H17Cl2NOS/c1-7(2)4-9(5-13)15-12(16)11-10(14)8(3)6-17-11/h6-7,9H,4-5H2,1-3H3,(H,15,16). The van der Waals surface area contributed by atoms with Crippen LogP contribution in [0.5, 0.6) is 0 Å². The average molecular weight is 294 g/mol. The van der Waals surface area contributed by atoms with Crippen molar-refractivity contribution in [1.82, 2.24) is 5.32 Å². The summed E-state index contributed by atoms with van der Waals surface area (Å²) in [5.41, 5.74) is 0.938. The Morgan fingerprint density at radius 3 is 2.59 bits per heavy atom. The van der Waals surface area contributed by atoms with Gasteiger partial charge in [-0.1, -0.05) is 25.4 Å². The first kappa shape index (κ1) is 14.8. The van der Waals surface area contributed by atoms with Gasteiger partial charge < -0.3 is 5.32 Å². The maximum atomic E-state index is 12.0. The van der Waals surface area contributed by atoms with Crippen molar-refractivity contribution in [1.29, 1.82) is 0 Å². The summed E-state index contributed by atoms with van der Waals surface area (Å²) in [7, 11) is 0. The predicted octanol–water partition coefficient (Wildman–Crippen LogP) is 4.09. The minimum Gasteiger partial charge on any atom is -0.347 e. The molecule has 1 atom stereocenters. The molecular formula is C12H17Cl2NOS. The van der Waals surface area contributed by atoms with Gasteiger partial charge in [-0.15, -0.1) is 22.9 Å². The number of amides is 1. The van der Waals surface area contributed by atoms with Gasteiger partial charge in [0.15, 0.2) is 0 Å². The van der Waals surface area contributed by atoms with E-state index in [1.54, 1.807) is 0 Å². The highest BCUT2D eigenvalue weighted by Crippen LogP contribution is 2.27. The van der Waals surface area contributed by atoms with Crippen molar-refractivity contribution in [3.8, 4) is 0 Å². The molecule has 0 aliphatic rings. The molecule has 0 aromatic carbocycles. The van der Waals surface area contributed by atoms with Gasteiger partial charge in [0.05, 0.1) is 5.02 Å². The Labute approximate surface area is 116 Å². The quantitative estimate of drug-likeness (QED) is 0.814. The van der Waals surface area contributed by atoms with E-state index in [2.05, 4.69) is 19.2 Å². The van der Waals surface area contributed by atoms with Crippen LogP contribution in [-0.4, -0.2) is 17.8 Å². The molecule has 0 radical (unpaired) electrons. The molecule has 96 valence electrons. The lowest BCUT2D eigenvalue weighted by Gasteiger charge is -2.17. The molecule has 1 unspecified atom stereocenters. The van der Waals surface area contributed by atoms with Crippen molar-refractivity contribution >= 4 is 40.4 Å². The summed E-state index contributed by atoms with van der Waals surface area (Å²) < 4.78 is 0. The lowest BCUT2D eigenvalue weighted by atomic mass is 10.1. The number of alkyl halides is 1. The largest absolute Gasteiger partial charge is 0.347 e. The monoisotopic (exact) mass is 293 g/mol. The first-order valence-corrected chi connectivity index (χ1v) is 7.35. The Morgan fingerprint density at radius 1 is 1.53 bits per heavy atom. The molecular weight excluding hydrogens is 277 g/mol. The first-order valence-electron chi connectivity index (χ1n) is 5.56. The molecule has 0 aliphatic heterocycles. The minimum atomic E-state index is -0.126. The number of carbonyl (C=O) groups is 1. The molecule has 1 aromatic heterocycles. The summed E-state index contributed by atoms with van der Waals surface area (Å²) in [5.74, 6) is 0.797. The zero-order valence-electron chi connectivity index (χ0n) is 10.2. The van der Waals surface area contributed by atoms with E-state index in [4.69, 9.17) is 23.2 Å². The van der Waals surface area contributed by atoms with E-state index in [0.717, 1.165) is 12.0 Å². The number of rotatable bonds is 5. The molecule has 17 heavy (non-hydrogen) atoms. The van der Waals surface area contributed by atoms with Crippen LogP contribution in [0.4, 0.5) is 0 Å². The summed E-state index contributed by atoms with van der Waals surface area (Å²) in [6.45, 7) is 6.10. The summed E-state index contributed by atoms with van der Waals surface area (Å²) >= 11 is 13.3. The molecule has 1 heterocycles. The molecule has 0 spiro atoms. The third kappa shape index (κ3) is 4.16. The third-order valence-electron chi connectivity index (χ3n) is 2.38. The molecule has 2 nitrogen and oxygen atoms in total. The lowest BCUT2D eigenvalue weighted by Crippen LogP contribution is -2.36. The Kier molecular flexibility index (Phi) is 5.77.